The van der Waals surface area contributed by atoms with Gasteiger partial charge in [0.2, 0.25) is 0 Å². The van der Waals surface area contributed by atoms with Crippen LogP contribution in [0.4, 0.5) is 0 Å². The minimum atomic E-state index is -1.45. The smallest absolute Gasteiger partial charge is 0.323 e. The maximum atomic E-state index is 5.71. The van der Waals surface area contributed by atoms with E-state index in [2.05, 4.69) is 20.8 Å². The Morgan fingerprint density at radius 2 is 1.69 bits per heavy atom. The van der Waals surface area contributed by atoms with Crippen molar-refractivity contribution in [1.29, 1.82) is 0 Å². The summed E-state index contributed by atoms with van der Waals surface area (Å²) in [6, 6.07) is 0.932. The van der Waals surface area contributed by atoms with E-state index in [9.17, 15) is 0 Å². The molecule has 0 saturated carbocycles. The monoisotopic (exact) mass is 206 g/mol. The zero-order chi connectivity index (χ0) is 10.3. The van der Waals surface area contributed by atoms with Gasteiger partial charge in [0.15, 0.2) is 0 Å². The van der Waals surface area contributed by atoms with E-state index in [1.165, 1.54) is 0 Å². The van der Waals surface area contributed by atoms with E-state index in [1.54, 1.807) is 14.2 Å². The Hall–Kier alpha value is 0.0969. The normalized spacial score (nSPS) is 14.1. The van der Waals surface area contributed by atoms with Crippen LogP contribution in [-0.2, 0) is 13.6 Å². The number of hydrogen-bond acceptors (Lipinski definition) is 3. The van der Waals surface area contributed by atoms with Gasteiger partial charge in [-0.15, -0.1) is 0 Å². The van der Waals surface area contributed by atoms with Crippen LogP contribution in [0.15, 0.2) is 0 Å². The third kappa shape index (κ3) is 6.21. The van der Waals surface area contributed by atoms with Gasteiger partial charge in [0.25, 0.3) is 0 Å². The first-order valence-corrected chi connectivity index (χ1v) is 6.61. The molecule has 0 N–H and O–H groups in total. The first kappa shape index (κ1) is 13.1. The minimum Gasteiger partial charge on any atom is -0.400 e. The molecule has 0 aliphatic heterocycles. The third-order valence-electron chi connectivity index (χ3n) is 1.90. The van der Waals surface area contributed by atoms with Crippen LogP contribution in [0.5, 0.6) is 0 Å². The van der Waals surface area contributed by atoms with Gasteiger partial charge in [0.05, 0.1) is 12.2 Å². The highest BCUT2D eigenvalue weighted by molar-refractivity contribution is 6.44. The van der Waals surface area contributed by atoms with Crippen LogP contribution in [0.1, 0.15) is 27.2 Å². The zero-order valence-electron chi connectivity index (χ0n) is 9.37. The van der Waals surface area contributed by atoms with Crippen LogP contribution in [-0.4, -0.2) is 35.7 Å². The predicted octanol–water partition coefficient (Wildman–Crippen LogP) is 1.70. The lowest BCUT2D eigenvalue weighted by atomic mass is 10.3. The highest BCUT2D eigenvalue weighted by Gasteiger charge is 2.18. The van der Waals surface area contributed by atoms with Crippen LogP contribution < -0.4 is 0 Å². The lowest BCUT2D eigenvalue weighted by molar-refractivity contribution is 0.0128. The lowest BCUT2D eigenvalue weighted by Crippen LogP contribution is -2.28. The molecule has 0 fully saturated rings. The molecule has 80 valence electrons. The summed E-state index contributed by atoms with van der Waals surface area (Å²) < 4.78 is 16.2. The molecule has 0 radical (unpaired) electrons. The Morgan fingerprint density at radius 1 is 1.15 bits per heavy atom. The average molecular weight is 206 g/mol. The fourth-order valence-electron chi connectivity index (χ4n) is 1.21. The number of hydrogen-bond donors (Lipinski definition) is 0. The largest absolute Gasteiger partial charge is 0.400 e. The SMILES string of the molecule is CCC(C[SiH](OC)OC)OC(C)C. The molecule has 3 nitrogen and oxygen atoms in total. The first-order valence-electron chi connectivity index (χ1n) is 4.85. The second-order valence-corrected chi connectivity index (χ2v) is 5.63. The van der Waals surface area contributed by atoms with Crippen molar-refractivity contribution in [2.24, 2.45) is 0 Å². The summed E-state index contributed by atoms with van der Waals surface area (Å²) in [4.78, 5) is 0. The topological polar surface area (TPSA) is 27.7 Å². The summed E-state index contributed by atoms with van der Waals surface area (Å²) in [7, 11) is 1.97. The molecular formula is C9H22O3Si. The van der Waals surface area contributed by atoms with Gasteiger partial charge in [-0.1, -0.05) is 6.92 Å². The van der Waals surface area contributed by atoms with Gasteiger partial charge < -0.3 is 13.6 Å². The standard InChI is InChI=1S/C9H22O3Si/c1-6-9(12-8(2)3)7-13(10-4)11-5/h8-9,13H,6-7H2,1-5H3. The van der Waals surface area contributed by atoms with Crippen molar-refractivity contribution < 1.29 is 13.6 Å². The molecule has 0 aliphatic rings. The van der Waals surface area contributed by atoms with Crippen molar-refractivity contribution in [2.75, 3.05) is 14.2 Å². The van der Waals surface area contributed by atoms with Crippen LogP contribution in [0.3, 0.4) is 0 Å². The van der Waals surface area contributed by atoms with E-state index >= 15 is 0 Å². The molecule has 0 spiro atoms. The maximum Gasteiger partial charge on any atom is 0.323 e. The van der Waals surface area contributed by atoms with E-state index in [4.69, 9.17) is 13.6 Å². The molecular weight excluding hydrogens is 184 g/mol. The molecule has 0 bridgehead atoms. The Balaban J connectivity index is 3.80. The highest BCUT2D eigenvalue weighted by atomic mass is 28.3. The maximum absolute atomic E-state index is 5.71. The average Bonchev–Trinajstić information content (AvgIpc) is 2.11. The second-order valence-electron chi connectivity index (χ2n) is 3.35. The molecule has 0 saturated heterocycles. The van der Waals surface area contributed by atoms with Crippen molar-refractivity contribution >= 4 is 9.28 Å². The first-order chi connectivity index (χ1) is 6.13. The molecule has 0 heterocycles. The summed E-state index contributed by atoms with van der Waals surface area (Å²) in [6.07, 6.45) is 1.60. The zero-order valence-corrected chi connectivity index (χ0v) is 10.5. The van der Waals surface area contributed by atoms with Crippen molar-refractivity contribution in [3.05, 3.63) is 0 Å². The quantitative estimate of drug-likeness (QED) is 0.593. The van der Waals surface area contributed by atoms with Crippen molar-refractivity contribution in [3.8, 4) is 0 Å². The Kier molecular flexibility index (Phi) is 7.55. The summed E-state index contributed by atoms with van der Waals surface area (Å²) in [5.74, 6) is 0. The van der Waals surface area contributed by atoms with Crippen molar-refractivity contribution in [3.63, 3.8) is 0 Å². The van der Waals surface area contributed by atoms with Crippen LogP contribution in [0.25, 0.3) is 0 Å². The Bertz CT molecular complexity index is 115. The molecule has 4 heteroatoms. The van der Waals surface area contributed by atoms with Gasteiger partial charge >= 0.3 is 9.28 Å². The number of rotatable bonds is 7. The van der Waals surface area contributed by atoms with Gasteiger partial charge in [0, 0.05) is 20.3 Å². The Labute approximate surface area is 83.2 Å². The van der Waals surface area contributed by atoms with Crippen molar-refractivity contribution in [1.82, 2.24) is 0 Å². The number of ether oxygens (including phenoxy) is 1. The van der Waals surface area contributed by atoms with Crippen LogP contribution >= 0.6 is 0 Å². The summed E-state index contributed by atoms with van der Waals surface area (Å²) in [6.45, 7) is 6.24. The second kappa shape index (κ2) is 7.50. The molecule has 0 aliphatic carbocycles. The molecule has 0 aromatic carbocycles. The van der Waals surface area contributed by atoms with E-state index in [1.807, 2.05) is 0 Å². The van der Waals surface area contributed by atoms with Gasteiger partial charge in [0.1, 0.15) is 0 Å². The summed E-state index contributed by atoms with van der Waals surface area (Å²) >= 11 is 0. The Morgan fingerprint density at radius 3 is 2.00 bits per heavy atom. The molecule has 0 aromatic rings. The molecule has 13 heavy (non-hydrogen) atoms. The van der Waals surface area contributed by atoms with E-state index < -0.39 is 9.28 Å². The fourth-order valence-corrected chi connectivity index (χ4v) is 2.66. The van der Waals surface area contributed by atoms with Crippen molar-refractivity contribution in [2.45, 2.75) is 45.4 Å². The van der Waals surface area contributed by atoms with Gasteiger partial charge in [-0.2, -0.15) is 0 Å². The van der Waals surface area contributed by atoms with Gasteiger partial charge in [-0.25, -0.2) is 0 Å². The van der Waals surface area contributed by atoms with Crippen LogP contribution in [0.2, 0.25) is 6.04 Å². The predicted molar refractivity (Wildman–Crippen MR) is 56.3 cm³/mol. The summed E-state index contributed by atoms with van der Waals surface area (Å²) in [5.41, 5.74) is 0. The molecule has 0 rings (SSSR count). The van der Waals surface area contributed by atoms with E-state index in [0.29, 0.717) is 0 Å². The van der Waals surface area contributed by atoms with Gasteiger partial charge in [-0.05, 0) is 20.3 Å². The third-order valence-corrected chi connectivity index (χ3v) is 3.86. The van der Waals surface area contributed by atoms with Crippen LogP contribution in [0, 0.1) is 0 Å². The molecule has 1 atom stereocenters. The lowest BCUT2D eigenvalue weighted by Gasteiger charge is -2.21. The van der Waals surface area contributed by atoms with E-state index in [-0.39, 0.29) is 12.2 Å². The highest BCUT2D eigenvalue weighted by Crippen LogP contribution is 2.10. The molecule has 0 aromatic heterocycles. The van der Waals surface area contributed by atoms with Gasteiger partial charge in [-0.3, -0.25) is 0 Å². The molecule has 0 amide bonds. The fraction of sp³-hybridized carbons (Fsp3) is 1.00. The molecule has 1 unspecified atom stereocenters. The van der Waals surface area contributed by atoms with E-state index in [0.717, 1.165) is 12.5 Å². The minimum absolute atomic E-state index is 0.285. The summed E-state index contributed by atoms with van der Waals surface area (Å²) in [5, 5.41) is 0.